The molecule has 1 aromatic heterocycles. The van der Waals surface area contributed by atoms with E-state index in [1.54, 1.807) is 29.7 Å². The summed E-state index contributed by atoms with van der Waals surface area (Å²) in [5.41, 5.74) is -0.351. The fraction of sp³-hybridized carbons (Fsp3) is 0.647. The maximum absolute atomic E-state index is 12.6. The molecule has 0 atom stereocenters. The summed E-state index contributed by atoms with van der Waals surface area (Å²) in [4.78, 5) is 28.3. The molecule has 1 saturated heterocycles. The molecule has 0 spiro atoms. The minimum atomic E-state index is -0.899. The van der Waals surface area contributed by atoms with Crippen molar-refractivity contribution in [2.24, 2.45) is 5.92 Å². The van der Waals surface area contributed by atoms with E-state index in [2.05, 4.69) is 0 Å². The van der Waals surface area contributed by atoms with Gasteiger partial charge in [-0.1, -0.05) is 0 Å². The first-order valence-electron chi connectivity index (χ1n) is 8.14. The van der Waals surface area contributed by atoms with Crippen LogP contribution in [0.3, 0.4) is 0 Å². The summed E-state index contributed by atoms with van der Waals surface area (Å²) in [5, 5.41) is 9.93. The topological polar surface area (TPSA) is 74.0 Å². The van der Waals surface area contributed by atoms with Crippen LogP contribution in [-0.2, 0) is 4.79 Å². The van der Waals surface area contributed by atoms with Gasteiger partial charge in [-0.05, 0) is 39.7 Å². The number of hydrogen-bond acceptors (Lipinski definition) is 4. The summed E-state index contributed by atoms with van der Waals surface area (Å²) in [7, 11) is 0. The Morgan fingerprint density at radius 3 is 2.52 bits per heavy atom. The number of likely N-dealkylation sites (N-methyl/N-ethyl adjacent to an activating group) is 1. The Labute approximate surface area is 137 Å². The lowest BCUT2D eigenvalue weighted by Crippen LogP contribution is -2.48. The van der Waals surface area contributed by atoms with Gasteiger partial charge in [0.15, 0.2) is 0 Å². The smallest absolute Gasteiger partial charge is 0.257 e. The lowest BCUT2D eigenvalue weighted by atomic mass is 9.94. The maximum Gasteiger partial charge on any atom is 0.257 e. The standard InChI is InChI=1S/C17H26N2O4/c1-4-18(12-17(2,3)22)15(20)13-5-8-19(9-6-13)16(21)14-7-10-23-11-14/h7,10-11,13,22H,4-6,8-9,12H2,1-3H3. The van der Waals surface area contributed by atoms with Crippen LogP contribution in [0.15, 0.2) is 23.0 Å². The summed E-state index contributed by atoms with van der Waals surface area (Å²) in [6.07, 6.45) is 4.25. The van der Waals surface area contributed by atoms with Gasteiger partial charge in [0.1, 0.15) is 6.26 Å². The van der Waals surface area contributed by atoms with Crippen LogP contribution in [0.5, 0.6) is 0 Å². The Kier molecular flexibility index (Phi) is 5.46. The highest BCUT2D eigenvalue weighted by Gasteiger charge is 2.31. The van der Waals surface area contributed by atoms with Gasteiger partial charge in [0, 0.05) is 32.1 Å². The number of hydrogen-bond donors (Lipinski definition) is 1. The van der Waals surface area contributed by atoms with Crippen molar-refractivity contribution >= 4 is 11.8 Å². The minimum absolute atomic E-state index is 0.0477. The second-order valence-corrected chi connectivity index (χ2v) is 6.74. The quantitative estimate of drug-likeness (QED) is 0.896. The van der Waals surface area contributed by atoms with Crippen LogP contribution in [0.1, 0.15) is 44.0 Å². The van der Waals surface area contributed by atoms with Crippen LogP contribution in [0.25, 0.3) is 0 Å². The first kappa shape index (κ1) is 17.5. The molecule has 6 heteroatoms. The molecule has 6 nitrogen and oxygen atoms in total. The molecule has 0 unspecified atom stereocenters. The van der Waals surface area contributed by atoms with Crippen LogP contribution >= 0.6 is 0 Å². The van der Waals surface area contributed by atoms with E-state index in [1.807, 2.05) is 6.92 Å². The minimum Gasteiger partial charge on any atom is -0.472 e. The Morgan fingerprint density at radius 2 is 2.04 bits per heavy atom. The highest BCUT2D eigenvalue weighted by Crippen LogP contribution is 2.22. The fourth-order valence-corrected chi connectivity index (χ4v) is 2.97. The van der Waals surface area contributed by atoms with Crippen molar-refractivity contribution in [1.29, 1.82) is 0 Å². The first-order valence-corrected chi connectivity index (χ1v) is 8.14. The monoisotopic (exact) mass is 322 g/mol. The molecule has 1 aliphatic rings. The van der Waals surface area contributed by atoms with Gasteiger partial charge < -0.3 is 19.3 Å². The Morgan fingerprint density at radius 1 is 1.39 bits per heavy atom. The van der Waals surface area contributed by atoms with Crippen LogP contribution in [0.2, 0.25) is 0 Å². The van der Waals surface area contributed by atoms with Crippen LogP contribution in [0.4, 0.5) is 0 Å². The van der Waals surface area contributed by atoms with Gasteiger partial charge in [0.05, 0.1) is 17.4 Å². The average Bonchev–Trinajstić information content (AvgIpc) is 3.05. The molecular weight excluding hydrogens is 296 g/mol. The van der Waals surface area contributed by atoms with Crippen molar-refractivity contribution < 1.29 is 19.1 Å². The highest BCUT2D eigenvalue weighted by molar-refractivity contribution is 5.94. The Bertz CT molecular complexity index is 525. The predicted octanol–water partition coefficient (Wildman–Crippen LogP) is 1.75. The third-order valence-corrected chi connectivity index (χ3v) is 4.17. The van der Waals surface area contributed by atoms with Crippen molar-refractivity contribution in [2.45, 2.75) is 39.2 Å². The van der Waals surface area contributed by atoms with Gasteiger partial charge in [-0.3, -0.25) is 9.59 Å². The molecular formula is C17H26N2O4. The number of carbonyl (C=O) groups excluding carboxylic acids is 2. The third kappa shape index (κ3) is 4.58. The Balaban J connectivity index is 1.90. The second kappa shape index (κ2) is 7.17. The molecule has 23 heavy (non-hydrogen) atoms. The molecule has 2 amide bonds. The van der Waals surface area contributed by atoms with E-state index in [4.69, 9.17) is 4.42 Å². The summed E-state index contributed by atoms with van der Waals surface area (Å²) in [6, 6.07) is 1.65. The van der Waals surface area contributed by atoms with Crippen molar-refractivity contribution in [2.75, 3.05) is 26.2 Å². The second-order valence-electron chi connectivity index (χ2n) is 6.74. The summed E-state index contributed by atoms with van der Waals surface area (Å²) in [6.45, 7) is 7.37. The van der Waals surface area contributed by atoms with E-state index in [9.17, 15) is 14.7 Å². The predicted molar refractivity (Wildman–Crippen MR) is 85.9 cm³/mol. The van der Waals surface area contributed by atoms with Crippen molar-refractivity contribution in [3.8, 4) is 0 Å². The lowest BCUT2D eigenvalue weighted by Gasteiger charge is -2.35. The molecule has 1 aromatic rings. The van der Waals surface area contributed by atoms with Crippen LogP contribution in [-0.4, -0.2) is 58.5 Å². The molecule has 128 valence electrons. The van der Waals surface area contributed by atoms with E-state index in [1.165, 1.54) is 12.5 Å². The van der Waals surface area contributed by atoms with Crippen molar-refractivity contribution in [1.82, 2.24) is 9.80 Å². The van der Waals surface area contributed by atoms with Crippen LogP contribution in [0, 0.1) is 5.92 Å². The summed E-state index contributed by atoms with van der Waals surface area (Å²) < 4.78 is 4.95. The number of rotatable bonds is 5. The lowest BCUT2D eigenvalue weighted by molar-refractivity contribution is -0.139. The number of piperidine rings is 1. The SMILES string of the molecule is CCN(CC(C)(C)O)C(=O)C1CCN(C(=O)c2ccoc2)CC1. The molecule has 2 rings (SSSR count). The van der Waals surface area contributed by atoms with Gasteiger partial charge in [-0.15, -0.1) is 0 Å². The summed E-state index contributed by atoms with van der Waals surface area (Å²) in [5.74, 6) is -0.0516. The van der Waals surface area contributed by atoms with Crippen molar-refractivity contribution in [3.63, 3.8) is 0 Å². The number of amides is 2. The molecule has 1 aliphatic heterocycles. The van der Waals surface area contributed by atoms with Crippen molar-refractivity contribution in [3.05, 3.63) is 24.2 Å². The van der Waals surface area contributed by atoms with Gasteiger partial charge in [0.25, 0.3) is 5.91 Å². The zero-order valence-electron chi connectivity index (χ0n) is 14.1. The van der Waals surface area contributed by atoms with E-state index in [-0.39, 0.29) is 17.7 Å². The molecule has 0 radical (unpaired) electrons. The molecule has 0 saturated carbocycles. The average molecular weight is 322 g/mol. The Hall–Kier alpha value is -1.82. The largest absolute Gasteiger partial charge is 0.472 e. The molecule has 0 bridgehead atoms. The number of carbonyl (C=O) groups is 2. The fourth-order valence-electron chi connectivity index (χ4n) is 2.97. The maximum atomic E-state index is 12.6. The van der Waals surface area contributed by atoms with Gasteiger partial charge >= 0.3 is 0 Å². The van der Waals surface area contributed by atoms with E-state index in [0.717, 1.165) is 0 Å². The number of nitrogens with zero attached hydrogens (tertiary/aromatic N) is 2. The van der Waals surface area contributed by atoms with Crippen LogP contribution < -0.4 is 0 Å². The van der Waals surface area contributed by atoms with E-state index < -0.39 is 5.60 Å². The number of furan rings is 1. The van der Waals surface area contributed by atoms with Gasteiger partial charge in [-0.2, -0.15) is 0 Å². The van der Waals surface area contributed by atoms with E-state index in [0.29, 0.717) is 44.6 Å². The number of likely N-dealkylation sites (tertiary alicyclic amines) is 1. The van der Waals surface area contributed by atoms with E-state index >= 15 is 0 Å². The molecule has 2 heterocycles. The van der Waals surface area contributed by atoms with Gasteiger partial charge in [-0.25, -0.2) is 0 Å². The van der Waals surface area contributed by atoms with Gasteiger partial charge in [0.2, 0.25) is 5.91 Å². The highest BCUT2D eigenvalue weighted by atomic mass is 16.3. The first-order chi connectivity index (χ1) is 10.8. The number of aliphatic hydroxyl groups is 1. The molecule has 1 N–H and O–H groups in total. The third-order valence-electron chi connectivity index (χ3n) is 4.17. The summed E-state index contributed by atoms with van der Waals surface area (Å²) >= 11 is 0. The molecule has 0 aromatic carbocycles. The zero-order chi connectivity index (χ0) is 17.0. The molecule has 1 fully saturated rings. The normalized spacial score (nSPS) is 16.4. The zero-order valence-corrected chi connectivity index (χ0v) is 14.1. The molecule has 0 aliphatic carbocycles.